The van der Waals surface area contributed by atoms with Gasteiger partial charge in [-0.3, -0.25) is 9.88 Å². The molecule has 182 valence electrons. The Morgan fingerprint density at radius 2 is 1.83 bits per heavy atom. The van der Waals surface area contributed by atoms with Crippen molar-refractivity contribution >= 4 is 5.95 Å². The molecule has 0 bridgehead atoms. The van der Waals surface area contributed by atoms with Crippen LogP contribution in [0, 0.1) is 17.2 Å². The molecule has 1 aliphatic rings. The number of nitriles is 1. The lowest BCUT2D eigenvalue weighted by Gasteiger charge is -2.43. The zero-order valence-corrected chi connectivity index (χ0v) is 19.6. The van der Waals surface area contributed by atoms with Gasteiger partial charge in [-0.2, -0.15) is 5.26 Å². The fourth-order valence-electron chi connectivity index (χ4n) is 4.21. The van der Waals surface area contributed by atoms with Crippen LogP contribution < -0.4 is 5.73 Å². The van der Waals surface area contributed by atoms with Gasteiger partial charge in [-0.05, 0) is 37.3 Å². The Labute approximate surface area is 207 Å². The predicted octanol–water partition coefficient (Wildman–Crippen LogP) is 1.60. The van der Waals surface area contributed by atoms with Crippen LogP contribution in [-0.2, 0) is 6.54 Å². The summed E-state index contributed by atoms with van der Waals surface area (Å²) in [5.41, 5.74) is 10.6. The van der Waals surface area contributed by atoms with Crippen LogP contribution in [0.2, 0.25) is 0 Å². The van der Waals surface area contributed by atoms with E-state index in [-0.39, 0.29) is 17.9 Å². The summed E-state index contributed by atoms with van der Waals surface area (Å²) in [4.78, 5) is 15.6. The largest absolute Gasteiger partial charge is 0.368 e. The van der Waals surface area contributed by atoms with E-state index in [1.807, 2.05) is 24.3 Å². The van der Waals surface area contributed by atoms with Crippen LogP contribution in [0.4, 0.5) is 5.95 Å². The highest BCUT2D eigenvalue weighted by atomic mass is 16.5. The number of nitrogens with zero attached hydrogens (tertiary/aromatic N) is 8. The first kappa shape index (κ1) is 23.5. The average molecular weight is 484 g/mol. The van der Waals surface area contributed by atoms with Crippen molar-refractivity contribution in [1.82, 2.24) is 34.8 Å². The van der Waals surface area contributed by atoms with Gasteiger partial charge >= 0.3 is 0 Å². The average Bonchev–Trinajstić information content (AvgIpc) is 3.31. The molecule has 1 saturated heterocycles. The van der Waals surface area contributed by atoms with Crippen LogP contribution in [0.1, 0.15) is 29.9 Å². The smallest absolute Gasteiger partial charge is 0.221 e. The maximum atomic E-state index is 9.32. The molecule has 11 nitrogen and oxygen atoms in total. The summed E-state index contributed by atoms with van der Waals surface area (Å²) in [6.45, 7) is 3.73. The van der Waals surface area contributed by atoms with E-state index in [0.717, 1.165) is 17.0 Å². The highest BCUT2D eigenvalue weighted by molar-refractivity contribution is 5.68. The lowest BCUT2D eigenvalue weighted by molar-refractivity contribution is -0.136. The van der Waals surface area contributed by atoms with Gasteiger partial charge in [0, 0.05) is 30.6 Å². The molecule has 1 aromatic carbocycles. The molecular weight excluding hydrogens is 458 g/mol. The molecule has 1 atom stereocenters. The summed E-state index contributed by atoms with van der Waals surface area (Å²) in [5, 5.41) is 36.3. The molecule has 1 aliphatic heterocycles. The van der Waals surface area contributed by atoms with Crippen molar-refractivity contribution in [2.45, 2.75) is 25.8 Å². The third kappa shape index (κ3) is 4.92. The quantitative estimate of drug-likeness (QED) is 0.329. The Morgan fingerprint density at radius 1 is 1.06 bits per heavy atom. The number of pyridine rings is 1. The Balaban J connectivity index is 1.32. The normalized spacial score (nSPS) is 15.0. The maximum Gasteiger partial charge on any atom is 0.221 e. The minimum Gasteiger partial charge on any atom is -0.368 e. The molecular formula is C25H25N9O2. The topological polar surface area (TPSA) is 163 Å². The summed E-state index contributed by atoms with van der Waals surface area (Å²) in [7, 11) is 0. The van der Waals surface area contributed by atoms with Crippen molar-refractivity contribution in [3.8, 4) is 28.7 Å². The van der Waals surface area contributed by atoms with Gasteiger partial charge in [-0.25, -0.2) is 14.6 Å². The molecule has 5 rings (SSSR count). The van der Waals surface area contributed by atoms with Gasteiger partial charge in [0.05, 0.1) is 47.1 Å². The van der Waals surface area contributed by atoms with E-state index >= 15 is 0 Å². The van der Waals surface area contributed by atoms with Gasteiger partial charge in [0.2, 0.25) is 5.95 Å². The number of hydrogen-bond acceptors (Lipinski definition) is 10. The van der Waals surface area contributed by atoms with E-state index in [2.05, 4.69) is 38.2 Å². The summed E-state index contributed by atoms with van der Waals surface area (Å²) in [5.74, 6) is -0.0134. The predicted molar refractivity (Wildman–Crippen MR) is 131 cm³/mol. The second-order valence-corrected chi connectivity index (χ2v) is 8.85. The molecule has 4 N–H and O–H groups in total. The van der Waals surface area contributed by atoms with Crippen LogP contribution >= 0.6 is 0 Å². The number of aliphatic hydroxyl groups excluding tert-OH is 1. The maximum absolute atomic E-state index is 9.32. The number of aliphatic hydroxyl groups is 2. The minimum absolute atomic E-state index is 0.0632. The molecule has 0 spiro atoms. The molecule has 11 heteroatoms. The molecule has 1 unspecified atom stereocenters. The van der Waals surface area contributed by atoms with E-state index in [1.54, 1.807) is 35.1 Å². The molecule has 36 heavy (non-hydrogen) atoms. The van der Waals surface area contributed by atoms with Gasteiger partial charge in [0.15, 0.2) is 6.29 Å². The zero-order valence-electron chi connectivity index (χ0n) is 19.6. The zero-order chi connectivity index (χ0) is 25.2. The van der Waals surface area contributed by atoms with Crippen LogP contribution in [-0.4, -0.2) is 64.4 Å². The van der Waals surface area contributed by atoms with Gasteiger partial charge < -0.3 is 15.9 Å². The third-order valence-corrected chi connectivity index (χ3v) is 6.32. The first-order valence-electron chi connectivity index (χ1n) is 11.5. The second kappa shape index (κ2) is 9.79. The first-order chi connectivity index (χ1) is 17.4. The van der Waals surface area contributed by atoms with Crippen molar-refractivity contribution in [1.29, 1.82) is 5.26 Å². The minimum atomic E-state index is -1.28. The van der Waals surface area contributed by atoms with Gasteiger partial charge in [-0.1, -0.05) is 23.4 Å². The number of hydrogen-bond donors (Lipinski definition) is 3. The monoisotopic (exact) mass is 483 g/mol. The lowest BCUT2D eigenvalue weighted by atomic mass is 9.96. The summed E-state index contributed by atoms with van der Waals surface area (Å²) in [6, 6.07) is 16.9. The Hall–Kier alpha value is -4.24. The van der Waals surface area contributed by atoms with Crippen LogP contribution in [0.15, 0.2) is 54.7 Å². The fourth-order valence-corrected chi connectivity index (χ4v) is 4.21. The van der Waals surface area contributed by atoms with Crippen molar-refractivity contribution in [2.24, 2.45) is 5.92 Å². The highest BCUT2D eigenvalue weighted by Crippen LogP contribution is 2.29. The summed E-state index contributed by atoms with van der Waals surface area (Å²) < 4.78 is 1.68. The number of likely N-dealkylation sites (tertiary alicyclic amines) is 1. The van der Waals surface area contributed by atoms with E-state index in [1.165, 1.54) is 0 Å². The highest BCUT2D eigenvalue weighted by Gasteiger charge is 2.35. The molecule has 4 heterocycles. The van der Waals surface area contributed by atoms with E-state index in [4.69, 9.17) is 10.7 Å². The molecule has 4 aromatic rings. The van der Waals surface area contributed by atoms with Gasteiger partial charge in [0.1, 0.15) is 5.69 Å². The Bertz CT molecular complexity index is 1420. The standard InChI is InChI=1S/C25H25N9O2/c1-15(33-11-18(12-33)24(35)36)20-7-3-6-19(28-20)13-34-14-23(31-32-34)22-9-21(29-25(27)30-22)17-5-2-4-16(8-17)10-26/h2-9,14-15,18,24,35-36H,11-13H2,1H3,(H2,27,29,30). The molecule has 0 aliphatic carbocycles. The lowest BCUT2D eigenvalue weighted by Crippen LogP contribution is -2.52. The van der Waals surface area contributed by atoms with Crippen LogP contribution in [0.5, 0.6) is 0 Å². The van der Waals surface area contributed by atoms with Crippen molar-refractivity contribution in [3.05, 3.63) is 71.7 Å². The van der Waals surface area contributed by atoms with E-state index in [0.29, 0.717) is 42.3 Å². The molecule has 3 aromatic heterocycles. The molecule has 0 saturated carbocycles. The van der Waals surface area contributed by atoms with Crippen molar-refractivity contribution < 1.29 is 10.2 Å². The number of nitrogen functional groups attached to an aromatic ring is 1. The SMILES string of the molecule is CC(c1cccc(Cn2cc(-c3cc(-c4cccc(C#N)c4)nc(N)n3)nn2)n1)N1CC(C(O)O)C1. The molecule has 0 radical (unpaired) electrons. The molecule has 1 fully saturated rings. The molecule has 0 amide bonds. The number of benzene rings is 1. The summed E-state index contributed by atoms with van der Waals surface area (Å²) >= 11 is 0. The van der Waals surface area contributed by atoms with Gasteiger partial charge in [-0.15, -0.1) is 5.10 Å². The number of nitrogens with two attached hydrogens (primary N) is 1. The number of rotatable bonds is 7. The van der Waals surface area contributed by atoms with E-state index in [9.17, 15) is 15.5 Å². The second-order valence-electron chi connectivity index (χ2n) is 8.85. The first-order valence-corrected chi connectivity index (χ1v) is 11.5. The van der Waals surface area contributed by atoms with Crippen LogP contribution in [0.3, 0.4) is 0 Å². The number of aromatic nitrogens is 6. The third-order valence-electron chi connectivity index (χ3n) is 6.32. The van der Waals surface area contributed by atoms with Crippen LogP contribution in [0.25, 0.3) is 22.6 Å². The summed E-state index contributed by atoms with van der Waals surface area (Å²) in [6.07, 6.45) is 0.496. The Morgan fingerprint density at radius 3 is 2.61 bits per heavy atom. The van der Waals surface area contributed by atoms with E-state index < -0.39 is 6.29 Å². The Kier molecular flexibility index (Phi) is 6.39. The van der Waals surface area contributed by atoms with Gasteiger partial charge in [0.25, 0.3) is 0 Å². The van der Waals surface area contributed by atoms with Crippen molar-refractivity contribution in [3.63, 3.8) is 0 Å². The number of anilines is 1. The van der Waals surface area contributed by atoms with Crippen molar-refractivity contribution in [2.75, 3.05) is 18.8 Å². The fraction of sp³-hybridized carbons (Fsp3) is 0.280.